The molecule has 1 fully saturated rings. The van der Waals surface area contributed by atoms with Gasteiger partial charge in [0.1, 0.15) is 5.82 Å². The zero-order valence-electron chi connectivity index (χ0n) is 12.0. The topological polar surface area (TPSA) is 77.8 Å². The fourth-order valence-electron chi connectivity index (χ4n) is 2.93. The molecule has 2 N–H and O–H groups in total. The number of aryl methyl sites for hydroxylation is 1. The lowest BCUT2D eigenvalue weighted by atomic mass is 9.69. The molecular weight excluding hydrogens is 277 g/mol. The van der Waals surface area contributed by atoms with Crippen LogP contribution in [0.3, 0.4) is 0 Å². The molecule has 1 heterocycles. The number of amides is 1. The summed E-state index contributed by atoms with van der Waals surface area (Å²) in [6.07, 6.45) is -0.770. The number of piperidine rings is 1. The van der Waals surface area contributed by atoms with Gasteiger partial charge in [-0.1, -0.05) is 12.1 Å². The molecule has 1 aliphatic heterocycles. The van der Waals surface area contributed by atoms with Crippen LogP contribution in [0.1, 0.15) is 30.4 Å². The van der Waals surface area contributed by atoms with Gasteiger partial charge in [-0.15, -0.1) is 0 Å². The molecule has 0 radical (unpaired) electrons. The molecule has 1 aliphatic rings. The van der Waals surface area contributed by atoms with Crippen molar-refractivity contribution in [3.63, 3.8) is 0 Å². The van der Waals surface area contributed by atoms with Crippen molar-refractivity contribution >= 4 is 12.1 Å². The molecule has 2 unspecified atom stereocenters. The van der Waals surface area contributed by atoms with Gasteiger partial charge in [0.05, 0.1) is 5.41 Å². The van der Waals surface area contributed by atoms with Crippen LogP contribution in [-0.4, -0.2) is 40.3 Å². The van der Waals surface area contributed by atoms with Gasteiger partial charge in [-0.05, 0) is 37.5 Å². The lowest BCUT2D eigenvalue weighted by Crippen LogP contribution is -2.52. The highest BCUT2D eigenvalue weighted by Crippen LogP contribution is 2.43. The molecule has 114 valence electrons. The fourth-order valence-corrected chi connectivity index (χ4v) is 2.93. The summed E-state index contributed by atoms with van der Waals surface area (Å²) in [5.41, 5.74) is -0.162. The van der Waals surface area contributed by atoms with E-state index >= 15 is 0 Å². The average Bonchev–Trinajstić information content (AvgIpc) is 2.41. The first-order valence-electron chi connectivity index (χ1n) is 6.73. The fraction of sp³-hybridized carbons (Fsp3) is 0.467. The molecule has 6 heteroatoms. The van der Waals surface area contributed by atoms with Crippen LogP contribution >= 0.6 is 0 Å². The maximum atomic E-state index is 13.7. The Kier molecular flexibility index (Phi) is 3.89. The third kappa shape index (κ3) is 2.70. The van der Waals surface area contributed by atoms with Gasteiger partial charge in [-0.25, -0.2) is 9.18 Å². The van der Waals surface area contributed by atoms with Crippen molar-refractivity contribution in [3.8, 4) is 0 Å². The van der Waals surface area contributed by atoms with Crippen LogP contribution in [0.2, 0.25) is 0 Å². The first-order chi connectivity index (χ1) is 9.75. The van der Waals surface area contributed by atoms with Crippen LogP contribution in [0.5, 0.6) is 0 Å². The molecule has 0 bridgehead atoms. The Morgan fingerprint density at radius 2 is 2.05 bits per heavy atom. The van der Waals surface area contributed by atoms with Crippen LogP contribution < -0.4 is 0 Å². The second-order valence-corrected chi connectivity index (χ2v) is 5.78. The van der Waals surface area contributed by atoms with Gasteiger partial charge in [0, 0.05) is 19.0 Å². The van der Waals surface area contributed by atoms with Gasteiger partial charge in [0.25, 0.3) is 0 Å². The van der Waals surface area contributed by atoms with E-state index in [1.807, 2.05) is 0 Å². The molecule has 1 saturated heterocycles. The summed E-state index contributed by atoms with van der Waals surface area (Å²) in [4.78, 5) is 23.9. The number of carboxylic acid groups (broad SMARTS) is 2. The van der Waals surface area contributed by atoms with Gasteiger partial charge >= 0.3 is 12.1 Å². The molecule has 0 aliphatic carbocycles. The van der Waals surface area contributed by atoms with Crippen molar-refractivity contribution in [1.82, 2.24) is 4.90 Å². The maximum absolute atomic E-state index is 13.7. The number of carboxylic acids is 1. The van der Waals surface area contributed by atoms with Crippen molar-refractivity contribution in [2.45, 2.75) is 26.2 Å². The predicted molar refractivity (Wildman–Crippen MR) is 73.8 cm³/mol. The first-order valence-corrected chi connectivity index (χ1v) is 6.73. The predicted octanol–water partition coefficient (Wildman–Crippen LogP) is 2.69. The Morgan fingerprint density at radius 1 is 1.38 bits per heavy atom. The standard InChI is InChI=1S/C15H18FNO4/c1-9-3-4-10(7-12(9)16)11-5-6-17(14(20)21)8-15(11,2)13(18)19/h3-4,7,11H,5-6,8H2,1-2H3,(H,18,19)(H,20,21). The second-order valence-electron chi connectivity index (χ2n) is 5.78. The summed E-state index contributed by atoms with van der Waals surface area (Å²) in [5, 5.41) is 18.6. The molecule has 0 aromatic heterocycles. The summed E-state index contributed by atoms with van der Waals surface area (Å²) in [7, 11) is 0. The lowest BCUT2D eigenvalue weighted by Gasteiger charge is -2.42. The highest BCUT2D eigenvalue weighted by Gasteiger charge is 2.47. The van der Waals surface area contributed by atoms with E-state index in [1.54, 1.807) is 19.1 Å². The van der Waals surface area contributed by atoms with Gasteiger partial charge < -0.3 is 15.1 Å². The van der Waals surface area contributed by atoms with Crippen LogP contribution in [0.15, 0.2) is 18.2 Å². The Balaban J connectivity index is 2.39. The molecule has 1 aromatic rings. The summed E-state index contributed by atoms with van der Waals surface area (Å²) >= 11 is 0. The summed E-state index contributed by atoms with van der Waals surface area (Å²) in [6.45, 7) is 3.31. The van der Waals surface area contributed by atoms with Crippen LogP contribution in [0.4, 0.5) is 9.18 Å². The SMILES string of the molecule is Cc1ccc(C2CCN(C(=O)O)CC2(C)C(=O)O)cc1F. The Bertz CT molecular complexity index is 589. The zero-order chi connectivity index (χ0) is 15.8. The van der Waals surface area contributed by atoms with Crippen LogP contribution in [0.25, 0.3) is 0 Å². The molecule has 1 aromatic carbocycles. The number of rotatable bonds is 2. The van der Waals surface area contributed by atoms with Gasteiger partial charge in [0.15, 0.2) is 0 Å². The Labute approximate surface area is 122 Å². The summed E-state index contributed by atoms with van der Waals surface area (Å²) in [6, 6.07) is 4.70. The van der Waals surface area contributed by atoms with E-state index in [-0.39, 0.29) is 18.9 Å². The molecule has 1 amide bonds. The minimum Gasteiger partial charge on any atom is -0.481 e. The Hall–Kier alpha value is -2.11. The van der Waals surface area contributed by atoms with E-state index in [0.29, 0.717) is 17.5 Å². The summed E-state index contributed by atoms with van der Waals surface area (Å²) < 4.78 is 13.7. The number of aliphatic carboxylic acids is 1. The van der Waals surface area contributed by atoms with Crippen molar-refractivity contribution in [1.29, 1.82) is 0 Å². The monoisotopic (exact) mass is 295 g/mol. The van der Waals surface area contributed by atoms with E-state index in [0.717, 1.165) is 4.90 Å². The highest BCUT2D eigenvalue weighted by molar-refractivity contribution is 5.77. The van der Waals surface area contributed by atoms with Gasteiger partial charge in [0.2, 0.25) is 0 Å². The van der Waals surface area contributed by atoms with Crippen LogP contribution in [0, 0.1) is 18.2 Å². The molecule has 2 atom stereocenters. The third-order valence-electron chi connectivity index (χ3n) is 4.33. The third-order valence-corrected chi connectivity index (χ3v) is 4.33. The van der Waals surface area contributed by atoms with E-state index in [2.05, 4.69) is 0 Å². The number of halogens is 1. The molecule has 0 spiro atoms. The number of likely N-dealkylation sites (tertiary alicyclic amines) is 1. The molecule has 2 rings (SSSR count). The second kappa shape index (κ2) is 5.35. The van der Waals surface area contributed by atoms with E-state index < -0.39 is 23.4 Å². The number of carbonyl (C=O) groups is 2. The number of hydrogen-bond acceptors (Lipinski definition) is 2. The molecule has 5 nitrogen and oxygen atoms in total. The Morgan fingerprint density at radius 3 is 2.57 bits per heavy atom. The smallest absolute Gasteiger partial charge is 0.407 e. The summed E-state index contributed by atoms with van der Waals surface area (Å²) in [5.74, 6) is -1.86. The molecular formula is C15H18FNO4. The van der Waals surface area contributed by atoms with E-state index in [9.17, 15) is 19.1 Å². The largest absolute Gasteiger partial charge is 0.481 e. The zero-order valence-corrected chi connectivity index (χ0v) is 12.0. The number of hydrogen-bond donors (Lipinski definition) is 2. The normalized spacial score (nSPS) is 25.7. The molecule has 21 heavy (non-hydrogen) atoms. The van der Waals surface area contributed by atoms with Gasteiger partial charge in [-0.3, -0.25) is 4.79 Å². The molecule has 0 saturated carbocycles. The van der Waals surface area contributed by atoms with E-state index in [4.69, 9.17) is 5.11 Å². The van der Waals surface area contributed by atoms with Crippen molar-refractivity contribution < 1.29 is 24.2 Å². The quantitative estimate of drug-likeness (QED) is 0.879. The lowest BCUT2D eigenvalue weighted by molar-refractivity contribution is -0.152. The first kappa shape index (κ1) is 15.3. The van der Waals surface area contributed by atoms with Crippen molar-refractivity contribution in [2.24, 2.45) is 5.41 Å². The average molecular weight is 295 g/mol. The van der Waals surface area contributed by atoms with Crippen molar-refractivity contribution in [3.05, 3.63) is 35.1 Å². The number of nitrogens with zero attached hydrogens (tertiary/aromatic N) is 1. The van der Waals surface area contributed by atoms with Crippen molar-refractivity contribution in [2.75, 3.05) is 13.1 Å². The highest BCUT2D eigenvalue weighted by atomic mass is 19.1. The number of benzene rings is 1. The minimum absolute atomic E-state index is 0.0994. The van der Waals surface area contributed by atoms with Gasteiger partial charge in [-0.2, -0.15) is 0 Å². The minimum atomic E-state index is -1.27. The van der Waals surface area contributed by atoms with Crippen LogP contribution in [-0.2, 0) is 4.79 Å². The van der Waals surface area contributed by atoms with E-state index in [1.165, 1.54) is 13.0 Å². The maximum Gasteiger partial charge on any atom is 0.407 e.